The molecule has 0 saturated carbocycles. The minimum atomic E-state index is -0.326. The minimum Gasteiger partial charge on any atom is -0.462 e. The van der Waals surface area contributed by atoms with E-state index in [1.165, 1.54) is 25.7 Å². The van der Waals surface area contributed by atoms with Crippen molar-refractivity contribution in [2.45, 2.75) is 77.3 Å². The molecule has 2 aromatic rings. The number of esters is 2. The van der Waals surface area contributed by atoms with Crippen LogP contribution in [-0.4, -0.2) is 25.2 Å². The number of unbranched alkanes of at least 4 members (excludes halogenated alkanes) is 9. The number of carbonyl (C=O) groups is 2. The third-order valence-corrected chi connectivity index (χ3v) is 6.02. The van der Waals surface area contributed by atoms with E-state index in [0.717, 1.165) is 49.7 Å². The molecule has 0 atom stereocenters. The lowest BCUT2D eigenvalue weighted by Crippen LogP contribution is -2.06. The van der Waals surface area contributed by atoms with E-state index >= 15 is 0 Å². The van der Waals surface area contributed by atoms with Gasteiger partial charge in [-0.3, -0.25) is 0 Å². The van der Waals surface area contributed by atoms with Gasteiger partial charge in [0.1, 0.15) is 0 Å². The molecule has 10 heteroatoms. The van der Waals surface area contributed by atoms with E-state index in [4.69, 9.17) is 20.5 Å². The van der Waals surface area contributed by atoms with Crippen LogP contribution in [0.5, 0.6) is 0 Å². The molecular formula is C28H36N6O4. The summed E-state index contributed by atoms with van der Waals surface area (Å²) in [5.74, 6) is -0.652. The van der Waals surface area contributed by atoms with Gasteiger partial charge in [0.25, 0.3) is 0 Å². The summed E-state index contributed by atoms with van der Waals surface area (Å²) in [5.41, 5.74) is 19.4. The fraction of sp³-hybridized carbons (Fsp3) is 0.500. The van der Waals surface area contributed by atoms with E-state index in [0.29, 0.717) is 24.3 Å². The van der Waals surface area contributed by atoms with Gasteiger partial charge in [0, 0.05) is 9.82 Å². The lowest BCUT2D eigenvalue weighted by molar-refractivity contribution is 0.0488. The molecule has 0 aromatic heterocycles. The second-order valence-electron chi connectivity index (χ2n) is 8.98. The van der Waals surface area contributed by atoms with E-state index in [9.17, 15) is 9.59 Å². The fourth-order valence-corrected chi connectivity index (χ4v) is 3.83. The topological polar surface area (TPSA) is 150 Å². The number of benzene rings is 2. The number of hydrogen-bond acceptors (Lipinski definition) is 6. The smallest absolute Gasteiger partial charge is 0.338 e. The Morgan fingerprint density at radius 2 is 0.868 bits per heavy atom. The molecule has 2 aromatic carbocycles. The Kier molecular flexibility index (Phi) is 15.2. The lowest BCUT2D eigenvalue weighted by Gasteiger charge is -2.06. The van der Waals surface area contributed by atoms with Crippen molar-refractivity contribution >= 4 is 11.9 Å². The number of carbonyl (C=O) groups excluding carboxylic acids is 2. The van der Waals surface area contributed by atoms with Crippen LogP contribution in [0.15, 0.2) is 58.8 Å². The first-order chi connectivity index (χ1) is 18.6. The van der Waals surface area contributed by atoms with E-state index in [1.807, 2.05) is 0 Å². The Hall–Kier alpha value is -4.00. The zero-order valence-electron chi connectivity index (χ0n) is 21.8. The Bertz CT molecular complexity index is 988. The molecule has 0 saturated heterocycles. The number of azide groups is 2. The molecule has 10 nitrogen and oxygen atoms in total. The monoisotopic (exact) mass is 520 g/mol. The maximum Gasteiger partial charge on any atom is 0.338 e. The van der Waals surface area contributed by atoms with Crippen LogP contribution in [0.3, 0.4) is 0 Å². The average molecular weight is 521 g/mol. The molecule has 0 N–H and O–H groups in total. The molecule has 0 aliphatic heterocycles. The summed E-state index contributed by atoms with van der Waals surface area (Å²) in [6.45, 7) is 1.38. The zero-order valence-corrected chi connectivity index (χ0v) is 21.8. The second kappa shape index (κ2) is 19.2. The van der Waals surface area contributed by atoms with Crippen LogP contribution < -0.4 is 0 Å². The van der Waals surface area contributed by atoms with Gasteiger partial charge in [-0.15, -0.1) is 0 Å². The summed E-state index contributed by atoms with van der Waals surface area (Å²) in [5, 5.41) is 6.99. The number of hydrogen-bond donors (Lipinski definition) is 0. The van der Waals surface area contributed by atoms with Crippen molar-refractivity contribution in [3.05, 3.63) is 91.7 Å². The molecule has 0 bridgehead atoms. The molecule has 2 rings (SSSR count). The molecule has 0 radical (unpaired) electrons. The Labute approximate surface area is 223 Å². The minimum absolute atomic E-state index is 0.267. The van der Waals surface area contributed by atoms with Crippen LogP contribution in [0.25, 0.3) is 20.9 Å². The number of ether oxygens (including phenoxy) is 2. The van der Waals surface area contributed by atoms with Crippen LogP contribution in [0.4, 0.5) is 0 Å². The van der Waals surface area contributed by atoms with Crippen molar-refractivity contribution in [3.8, 4) is 0 Å². The highest BCUT2D eigenvalue weighted by Crippen LogP contribution is 2.13. The molecule has 0 aliphatic rings. The fourth-order valence-electron chi connectivity index (χ4n) is 3.83. The van der Waals surface area contributed by atoms with Gasteiger partial charge in [0.05, 0.1) is 37.4 Å². The Morgan fingerprint density at radius 3 is 1.18 bits per heavy atom. The van der Waals surface area contributed by atoms with Crippen LogP contribution in [0.2, 0.25) is 0 Å². The van der Waals surface area contributed by atoms with Gasteiger partial charge in [-0.05, 0) is 59.3 Å². The van der Waals surface area contributed by atoms with E-state index in [2.05, 4.69) is 20.1 Å². The van der Waals surface area contributed by atoms with Gasteiger partial charge in [-0.25, -0.2) is 9.59 Å². The summed E-state index contributed by atoms with van der Waals surface area (Å²) in [7, 11) is 0. The van der Waals surface area contributed by atoms with Gasteiger partial charge in [0.2, 0.25) is 0 Å². The number of rotatable bonds is 19. The largest absolute Gasteiger partial charge is 0.462 e. The highest BCUT2D eigenvalue weighted by Gasteiger charge is 2.07. The number of nitrogens with zero attached hydrogens (tertiary/aromatic N) is 6. The molecule has 0 unspecified atom stereocenters. The van der Waals surface area contributed by atoms with Gasteiger partial charge < -0.3 is 9.47 Å². The Balaban J connectivity index is 1.39. The van der Waals surface area contributed by atoms with Crippen LogP contribution in [-0.2, 0) is 22.6 Å². The molecular weight excluding hydrogens is 484 g/mol. The van der Waals surface area contributed by atoms with Gasteiger partial charge >= 0.3 is 11.9 Å². The van der Waals surface area contributed by atoms with Crippen molar-refractivity contribution in [1.29, 1.82) is 0 Å². The van der Waals surface area contributed by atoms with Crippen molar-refractivity contribution in [3.63, 3.8) is 0 Å². The molecule has 0 aliphatic carbocycles. The predicted octanol–water partition coefficient (Wildman–Crippen LogP) is 8.22. The maximum absolute atomic E-state index is 12.1. The first kappa shape index (κ1) is 30.2. The molecule has 0 spiro atoms. The molecule has 0 heterocycles. The van der Waals surface area contributed by atoms with Crippen LogP contribution in [0, 0.1) is 0 Å². The SMILES string of the molecule is [N-]=[N+]=NCc1ccc(C(=O)OCCCCCCCCCCCCOC(=O)c2ccc(CN=[N+]=[N-])cc2)cc1. The van der Waals surface area contributed by atoms with Gasteiger partial charge in [0.15, 0.2) is 0 Å². The van der Waals surface area contributed by atoms with Crippen molar-refractivity contribution in [2.24, 2.45) is 10.2 Å². The lowest BCUT2D eigenvalue weighted by atomic mass is 10.1. The predicted molar refractivity (Wildman–Crippen MR) is 145 cm³/mol. The third kappa shape index (κ3) is 12.8. The Morgan fingerprint density at radius 1 is 0.553 bits per heavy atom. The molecule has 0 amide bonds. The second-order valence-corrected chi connectivity index (χ2v) is 8.98. The molecule has 202 valence electrons. The van der Waals surface area contributed by atoms with E-state index in [-0.39, 0.29) is 25.0 Å². The first-order valence-corrected chi connectivity index (χ1v) is 13.2. The average Bonchev–Trinajstić information content (AvgIpc) is 2.95. The highest BCUT2D eigenvalue weighted by atomic mass is 16.5. The zero-order chi connectivity index (χ0) is 27.3. The normalized spacial score (nSPS) is 10.2. The maximum atomic E-state index is 12.1. The third-order valence-electron chi connectivity index (χ3n) is 6.02. The molecule has 0 fully saturated rings. The van der Waals surface area contributed by atoms with E-state index < -0.39 is 0 Å². The van der Waals surface area contributed by atoms with Crippen molar-refractivity contribution in [1.82, 2.24) is 0 Å². The van der Waals surface area contributed by atoms with Crippen molar-refractivity contribution in [2.75, 3.05) is 13.2 Å². The standard InChI is InChI=1S/C28H36N6O4/c29-33-31-21-23-11-15-25(16-12-23)27(35)37-19-9-7-5-3-1-2-4-6-8-10-20-38-28(36)26-17-13-24(14-18-26)22-32-34-30/h11-18H,1-10,19-22H2. The first-order valence-electron chi connectivity index (χ1n) is 13.2. The van der Waals surface area contributed by atoms with Gasteiger partial charge in [-0.2, -0.15) is 0 Å². The summed E-state index contributed by atoms with van der Waals surface area (Å²) in [6.07, 6.45) is 10.8. The quantitative estimate of drug-likeness (QED) is 0.0602. The van der Waals surface area contributed by atoms with Crippen LogP contribution in [0.1, 0.15) is 96.1 Å². The van der Waals surface area contributed by atoms with E-state index in [1.54, 1.807) is 48.5 Å². The summed E-state index contributed by atoms with van der Waals surface area (Å²) < 4.78 is 10.7. The summed E-state index contributed by atoms with van der Waals surface area (Å²) in [4.78, 5) is 29.6. The van der Waals surface area contributed by atoms with Crippen LogP contribution >= 0.6 is 0 Å². The van der Waals surface area contributed by atoms with Gasteiger partial charge in [-0.1, -0.05) is 85.9 Å². The van der Waals surface area contributed by atoms with Crippen molar-refractivity contribution < 1.29 is 19.1 Å². The highest BCUT2D eigenvalue weighted by molar-refractivity contribution is 5.89. The summed E-state index contributed by atoms with van der Waals surface area (Å²) in [6, 6.07) is 13.8. The molecule has 38 heavy (non-hydrogen) atoms. The summed E-state index contributed by atoms with van der Waals surface area (Å²) >= 11 is 0.